The van der Waals surface area contributed by atoms with Crippen LogP contribution in [0.3, 0.4) is 0 Å². The molecule has 10 bridgehead atoms. The molecule has 23 saturated heterocycles. The first kappa shape index (κ1) is 122. The molecule has 25 fully saturated rings. The number of morpholine rings is 7. The number of likely N-dealkylation sites (tertiary alicyclic amines) is 8. The summed E-state index contributed by atoms with van der Waals surface area (Å²) < 4.78 is 71.7. The molecule has 0 N–H and O–H groups in total. The van der Waals surface area contributed by atoms with E-state index in [1.165, 1.54) is 238 Å². The molecule has 15 unspecified atom stereocenters. The van der Waals surface area contributed by atoms with Gasteiger partial charge in [-0.1, -0.05) is 25.0 Å². The highest BCUT2D eigenvalue weighted by Crippen LogP contribution is 2.46. The number of hydrogen-bond donors (Lipinski definition) is 0. The third-order valence-electron chi connectivity index (χ3n) is 39.0. The molecule has 2 aliphatic carbocycles. The summed E-state index contributed by atoms with van der Waals surface area (Å²) in [4.78, 5) is 33.2. The fourth-order valence-electron chi connectivity index (χ4n) is 29.1. The molecule has 0 amide bonds. The molecule has 26 nitrogen and oxygen atoms in total. The zero-order chi connectivity index (χ0) is 106. The predicted molar refractivity (Wildman–Crippen MR) is 608 cm³/mol. The van der Waals surface area contributed by atoms with Gasteiger partial charge in [0.15, 0.2) is 0 Å². The Balaban J connectivity index is 0.000000127. The zero-order valence-corrected chi connectivity index (χ0v) is 100. The van der Waals surface area contributed by atoms with Crippen LogP contribution < -0.4 is 9.64 Å². The second-order valence-corrected chi connectivity index (χ2v) is 54.1. The third-order valence-corrected chi connectivity index (χ3v) is 39.0. The van der Waals surface area contributed by atoms with Crippen molar-refractivity contribution in [2.24, 2.45) is 27.1 Å². The maximum atomic E-state index is 5.82. The van der Waals surface area contributed by atoms with Crippen molar-refractivity contribution < 1.29 is 61.6 Å². The second kappa shape index (κ2) is 57.9. The van der Waals surface area contributed by atoms with Crippen molar-refractivity contribution in [2.45, 2.75) is 491 Å². The molecule has 2 saturated carbocycles. The first-order chi connectivity index (χ1) is 71.3. The van der Waals surface area contributed by atoms with E-state index < -0.39 is 0 Å². The summed E-state index contributed by atoms with van der Waals surface area (Å²) >= 11 is 0. The first-order valence-electron chi connectivity index (χ1n) is 62.0. The lowest BCUT2D eigenvalue weighted by molar-refractivity contribution is -0.195. The molecule has 0 radical (unpaired) electrons. The van der Waals surface area contributed by atoms with Crippen LogP contribution in [0.2, 0.25) is 0 Å². The van der Waals surface area contributed by atoms with Crippen LogP contribution in [0.4, 0.5) is 5.69 Å². The van der Waals surface area contributed by atoms with Crippen LogP contribution in [-0.4, -0.2) is 459 Å². The van der Waals surface area contributed by atoms with Crippen LogP contribution in [0, 0.1) is 27.1 Å². The van der Waals surface area contributed by atoms with Crippen LogP contribution in [0.1, 0.15) is 328 Å². The van der Waals surface area contributed by atoms with Crippen molar-refractivity contribution in [1.82, 2.24) is 58.8 Å². The number of piperidine rings is 2. The number of benzene rings is 1. The number of hydrogen-bond acceptors (Lipinski definition) is 26. The number of fused-ring (bicyclic) bond motifs is 14. The summed E-state index contributed by atoms with van der Waals surface area (Å²) in [7, 11) is 0. The Hall–Kier alpha value is -2.14. The molecule has 26 aliphatic rings. The molecular formula is C123H227N13O13. The molecule has 0 aromatic heterocycles. The van der Waals surface area contributed by atoms with Gasteiger partial charge < -0.3 is 81.2 Å². The van der Waals surface area contributed by atoms with E-state index in [-0.39, 0.29) is 0 Å². The Morgan fingerprint density at radius 3 is 1.05 bits per heavy atom. The van der Waals surface area contributed by atoms with Crippen LogP contribution in [0.15, 0.2) is 24.3 Å². The average molecular weight is 2100 g/mol. The number of ether oxygens (including phenoxy) is 13. The molecule has 862 valence electrons. The summed E-state index contributed by atoms with van der Waals surface area (Å²) in [6, 6.07) is 22.4. The van der Waals surface area contributed by atoms with Gasteiger partial charge in [0.1, 0.15) is 12.4 Å². The maximum absolute atomic E-state index is 5.82. The van der Waals surface area contributed by atoms with E-state index >= 15 is 0 Å². The van der Waals surface area contributed by atoms with Gasteiger partial charge in [0.05, 0.1) is 141 Å². The van der Waals surface area contributed by atoms with Gasteiger partial charge in [-0.25, -0.2) is 0 Å². The fraction of sp³-hybridized carbons (Fsp3) is 0.951. The normalized spacial score (nSPS) is 33.5. The lowest BCUT2D eigenvalue weighted by Crippen LogP contribution is -2.67. The predicted octanol–water partition coefficient (Wildman–Crippen LogP) is 18.2. The van der Waals surface area contributed by atoms with E-state index in [1.54, 1.807) is 0 Å². The molecule has 27 rings (SSSR count). The Morgan fingerprint density at radius 1 is 0.255 bits per heavy atom. The second-order valence-electron chi connectivity index (χ2n) is 54.1. The Labute approximate surface area is 910 Å². The van der Waals surface area contributed by atoms with Crippen molar-refractivity contribution in [1.29, 1.82) is 0 Å². The lowest BCUT2D eigenvalue weighted by Gasteiger charge is -2.56. The minimum atomic E-state index is 0.544. The fourth-order valence-corrected chi connectivity index (χ4v) is 29.1. The topological polar surface area (TPSA) is 162 Å². The van der Waals surface area contributed by atoms with Crippen molar-refractivity contribution in [3.8, 4) is 5.75 Å². The van der Waals surface area contributed by atoms with Crippen molar-refractivity contribution in [3.63, 3.8) is 0 Å². The highest BCUT2D eigenvalue weighted by Gasteiger charge is 2.52. The quantitative estimate of drug-likeness (QED) is 0.183. The summed E-state index contributed by atoms with van der Waals surface area (Å²) in [6.07, 6.45) is 34.4. The summed E-state index contributed by atoms with van der Waals surface area (Å²) in [5.74, 6) is 1.02. The molecule has 24 aliphatic heterocycles. The van der Waals surface area contributed by atoms with E-state index in [2.05, 4.69) is 256 Å². The van der Waals surface area contributed by atoms with Gasteiger partial charge in [-0.2, -0.15) is 0 Å². The van der Waals surface area contributed by atoms with Crippen molar-refractivity contribution in [2.75, 3.05) is 242 Å². The van der Waals surface area contributed by atoms with Gasteiger partial charge in [0.25, 0.3) is 0 Å². The minimum Gasteiger partial charge on any atom is -0.490 e. The minimum absolute atomic E-state index is 0.544. The van der Waals surface area contributed by atoms with Gasteiger partial charge in [0.2, 0.25) is 0 Å². The summed E-state index contributed by atoms with van der Waals surface area (Å²) in [5, 5.41) is 0. The number of para-hydroxylation sites is 2. The van der Waals surface area contributed by atoms with Gasteiger partial charge in [-0.05, 0) is 359 Å². The average Bonchev–Trinajstić information content (AvgIpc) is 1.61. The molecule has 15 atom stereocenters. The van der Waals surface area contributed by atoms with E-state index in [9.17, 15) is 0 Å². The first-order valence-corrected chi connectivity index (χ1v) is 62.0. The number of nitrogens with zero attached hydrogens (tertiary/aromatic N) is 13. The lowest BCUT2D eigenvalue weighted by atomic mass is 9.72. The Morgan fingerprint density at radius 2 is 0.651 bits per heavy atom. The van der Waals surface area contributed by atoms with Crippen molar-refractivity contribution >= 4 is 5.69 Å². The van der Waals surface area contributed by atoms with Crippen LogP contribution in [0.25, 0.3) is 0 Å². The monoisotopic (exact) mass is 2090 g/mol. The molecule has 1 aromatic rings. The van der Waals surface area contributed by atoms with E-state index in [0.717, 1.165) is 224 Å². The van der Waals surface area contributed by atoms with E-state index in [0.29, 0.717) is 124 Å². The van der Waals surface area contributed by atoms with Crippen molar-refractivity contribution in [3.05, 3.63) is 24.3 Å². The zero-order valence-electron chi connectivity index (χ0n) is 100. The van der Waals surface area contributed by atoms with Crippen LogP contribution in [0.5, 0.6) is 5.75 Å². The number of rotatable bonds is 13. The van der Waals surface area contributed by atoms with Crippen LogP contribution in [-0.2, 0) is 56.8 Å². The Kier molecular flexibility index (Phi) is 47.5. The van der Waals surface area contributed by atoms with Gasteiger partial charge in [-0.15, -0.1) is 0 Å². The standard InChI is InChI=1S/C12H23NO.C11H21NO.C11H15NO.2C10H19NO.5C9H17NO.3C8H15NO/c1-11(2)13-7-3-12(4-8-13)5-9-14-10-6-12;2*1-9(2)12-7-8-13-11-6-4-3-5-10(11)12;1-9(2)11-5-3-10(7-11)4-6-12-8-10;1-8(2)11-6-7-12-10-5-3-4-9(10)11;1-8(2)10-5-9(6-10)3-4-11-7-9;1-8(2)10-4-3-9(5-10)6-11-7-9;1-7(2)10-5-9-4-3-8(10)6-11-9;1-7(2)10-8-3-4-9(10)6-11-5-8;1-7(2)10-5-8-3-4-9(6-10)11-8;1-7(2)9-3-8(4-9)5-10-6-8;2*1-6(2)9-4-8-3-7(9)5-10-8/h11H,3-10H2,1-2H3;9-11H,3-8H2,1-2H3;3-6,9H,7-8H2,1-2H3;9H,3-8H2,1-2H3;8-10H,3-7H2,1-2H3;2*8H,3-7H2,1-2H3;3*7-9H,3-6H2,1-2H3;7H,3-6H2,1-2H3;2*6-8H,3-5H2,1-2H3. The van der Waals surface area contributed by atoms with Gasteiger partial charge in [-0.3, -0.25) is 44.1 Å². The van der Waals surface area contributed by atoms with E-state index in [4.69, 9.17) is 61.6 Å². The highest BCUT2D eigenvalue weighted by molar-refractivity contribution is 5.60. The SMILES string of the molecule is CC(C)N1C2CCC1COC2.CC(C)N1CC2(CCOC2)C1.CC(C)N1CC2(COC2)C1.CC(C)N1CC2CC1CO2.CC(C)N1CC2CC1CO2.CC(C)N1CC2CCC(C1)O2.CC(C)N1CC2CCC1CO2.CC(C)N1CCC2(CCOC2)C1.CC(C)N1CCC2(CCOCC2)CC1.CC(C)N1CCC2(COC2)C1.CC(C)N1CCOC2CCCC21.CC(C)N1CCOC2CCCCC21.CC(C)N1CCOc2ccccc21. The molecule has 26 heteroatoms. The highest BCUT2D eigenvalue weighted by atomic mass is 16.5. The largest absolute Gasteiger partial charge is 0.490 e. The summed E-state index contributed by atoms with van der Waals surface area (Å²) in [5.41, 5.74) is 4.18. The molecule has 5 spiro atoms. The maximum Gasteiger partial charge on any atom is 0.142 e. The Bertz CT molecular complexity index is 3810. The smallest absolute Gasteiger partial charge is 0.142 e. The van der Waals surface area contributed by atoms with E-state index in [1.807, 2.05) is 12.1 Å². The van der Waals surface area contributed by atoms with Gasteiger partial charge in [0, 0.05) is 254 Å². The molecule has 24 heterocycles. The number of anilines is 1. The van der Waals surface area contributed by atoms with Crippen LogP contribution >= 0.6 is 0 Å². The molecule has 1 aromatic carbocycles. The summed E-state index contributed by atoms with van der Waals surface area (Å²) in [6.45, 7) is 98.6. The third kappa shape index (κ3) is 34.0. The molecule has 149 heavy (non-hydrogen) atoms. The van der Waals surface area contributed by atoms with Gasteiger partial charge >= 0.3 is 0 Å². The molecular weight excluding hydrogens is 1870 g/mol.